The summed E-state index contributed by atoms with van der Waals surface area (Å²) in [7, 11) is 1.64. The van der Waals surface area contributed by atoms with Crippen molar-refractivity contribution < 1.29 is 4.74 Å². The smallest absolute Gasteiger partial charge is 0.164 e. The van der Waals surface area contributed by atoms with Crippen LogP contribution in [0.1, 0.15) is 5.82 Å². The van der Waals surface area contributed by atoms with Crippen molar-refractivity contribution in [2.75, 3.05) is 7.11 Å². The molecule has 0 fully saturated rings. The average Bonchev–Trinajstić information content (AvgIpc) is 2.89. The van der Waals surface area contributed by atoms with Gasteiger partial charge in [-0.05, 0) is 24.3 Å². The number of hydrogen-bond acceptors (Lipinski definition) is 5. The molecular formula is C13H13N5O. The Labute approximate surface area is 109 Å². The van der Waals surface area contributed by atoms with Crippen LogP contribution in [0.2, 0.25) is 0 Å². The van der Waals surface area contributed by atoms with E-state index in [4.69, 9.17) is 10.5 Å². The van der Waals surface area contributed by atoms with Crippen molar-refractivity contribution in [3.05, 3.63) is 42.5 Å². The van der Waals surface area contributed by atoms with Gasteiger partial charge >= 0.3 is 0 Å². The molecule has 96 valence electrons. The summed E-state index contributed by atoms with van der Waals surface area (Å²) in [4.78, 5) is 4.40. The summed E-state index contributed by atoms with van der Waals surface area (Å²) >= 11 is 0. The SMILES string of the molecule is COc1ccc(-c2cc3nnc(CN)n3cn2)cc1. The van der Waals surface area contributed by atoms with Gasteiger partial charge in [-0.2, -0.15) is 0 Å². The fourth-order valence-electron chi connectivity index (χ4n) is 1.90. The lowest BCUT2D eigenvalue weighted by Crippen LogP contribution is -2.03. The van der Waals surface area contributed by atoms with Gasteiger partial charge in [0.15, 0.2) is 11.5 Å². The molecule has 2 aromatic heterocycles. The van der Waals surface area contributed by atoms with Crippen LogP contribution in [0.15, 0.2) is 36.7 Å². The first kappa shape index (κ1) is 11.6. The van der Waals surface area contributed by atoms with E-state index in [0.29, 0.717) is 12.4 Å². The van der Waals surface area contributed by atoms with E-state index in [1.165, 1.54) is 0 Å². The highest BCUT2D eigenvalue weighted by Gasteiger charge is 2.06. The van der Waals surface area contributed by atoms with Gasteiger partial charge in [0, 0.05) is 11.6 Å². The van der Waals surface area contributed by atoms with E-state index in [-0.39, 0.29) is 0 Å². The number of rotatable bonds is 3. The fraction of sp³-hybridized carbons (Fsp3) is 0.154. The van der Waals surface area contributed by atoms with Crippen LogP contribution < -0.4 is 10.5 Å². The number of aromatic nitrogens is 4. The molecule has 3 aromatic rings. The van der Waals surface area contributed by atoms with Crippen LogP contribution in [0.5, 0.6) is 5.75 Å². The van der Waals surface area contributed by atoms with Crippen molar-refractivity contribution in [2.45, 2.75) is 6.54 Å². The third kappa shape index (κ3) is 2.02. The minimum Gasteiger partial charge on any atom is -0.497 e. The Kier molecular flexibility index (Phi) is 2.85. The van der Waals surface area contributed by atoms with E-state index in [2.05, 4.69) is 15.2 Å². The summed E-state index contributed by atoms with van der Waals surface area (Å²) < 4.78 is 6.92. The first-order chi connectivity index (χ1) is 9.31. The van der Waals surface area contributed by atoms with Gasteiger partial charge in [0.1, 0.15) is 12.1 Å². The van der Waals surface area contributed by atoms with Crippen LogP contribution in [-0.4, -0.2) is 26.7 Å². The van der Waals surface area contributed by atoms with Crippen molar-refractivity contribution in [3.63, 3.8) is 0 Å². The third-order valence-corrected chi connectivity index (χ3v) is 2.94. The molecule has 0 aliphatic carbocycles. The zero-order valence-electron chi connectivity index (χ0n) is 10.4. The summed E-state index contributed by atoms with van der Waals surface area (Å²) in [6, 6.07) is 9.59. The zero-order chi connectivity index (χ0) is 13.2. The number of nitrogens with zero attached hydrogens (tertiary/aromatic N) is 4. The molecule has 19 heavy (non-hydrogen) atoms. The van der Waals surface area contributed by atoms with Crippen molar-refractivity contribution >= 4 is 5.65 Å². The van der Waals surface area contributed by atoms with E-state index in [1.54, 1.807) is 17.8 Å². The maximum atomic E-state index is 5.58. The molecule has 3 rings (SSSR count). The number of methoxy groups -OCH3 is 1. The van der Waals surface area contributed by atoms with Crippen LogP contribution in [0.3, 0.4) is 0 Å². The third-order valence-electron chi connectivity index (χ3n) is 2.94. The van der Waals surface area contributed by atoms with E-state index in [1.807, 2.05) is 30.3 Å². The lowest BCUT2D eigenvalue weighted by molar-refractivity contribution is 0.415. The van der Waals surface area contributed by atoms with E-state index in [0.717, 1.165) is 22.7 Å². The number of fused-ring (bicyclic) bond motifs is 1. The quantitative estimate of drug-likeness (QED) is 0.762. The Bertz CT molecular complexity index is 705. The van der Waals surface area contributed by atoms with Crippen LogP contribution in [-0.2, 0) is 6.54 Å². The van der Waals surface area contributed by atoms with Gasteiger partial charge in [0.25, 0.3) is 0 Å². The second-order valence-corrected chi connectivity index (χ2v) is 4.05. The summed E-state index contributed by atoms with van der Waals surface area (Å²) in [6.45, 7) is 0.338. The molecular weight excluding hydrogens is 242 g/mol. The maximum absolute atomic E-state index is 5.58. The largest absolute Gasteiger partial charge is 0.497 e. The lowest BCUT2D eigenvalue weighted by Gasteiger charge is -2.03. The minimum atomic E-state index is 0.338. The van der Waals surface area contributed by atoms with Gasteiger partial charge < -0.3 is 10.5 Å². The monoisotopic (exact) mass is 255 g/mol. The van der Waals surface area contributed by atoms with Crippen molar-refractivity contribution in [1.29, 1.82) is 0 Å². The molecule has 0 radical (unpaired) electrons. The predicted octanol–water partition coefficient (Wildman–Crippen LogP) is 1.26. The maximum Gasteiger partial charge on any atom is 0.164 e. The number of nitrogens with two attached hydrogens (primary N) is 1. The van der Waals surface area contributed by atoms with Gasteiger partial charge in [-0.15, -0.1) is 10.2 Å². The summed E-state index contributed by atoms with van der Waals surface area (Å²) in [5.74, 6) is 1.52. The van der Waals surface area contributed by atoms with Gasteiger partial charge in [0.2, 0.25) is 0 Å². The van der Waals surface area contributed by atoms with Crippen LogP contribution in [0.4, 0.5) is 0 Å². The number of hydrogen-bond donors (Lipinski definition) is 1. The molecule has 2 heterocycles. The molecule has 1 aromatic carbocycles. The molecule has 0 aliphatic rings. The van der Waals surface area contributed by atoms with Crippen molar-refractivity contribution in [2.24, 2.45) is 5.73 Å². The van der Waals surface area contributed by atoms with E-state index in [9.17, 15) is 0 Å². The topological polar surface area (TPSA) is 78.3 Å². The second kappa shape index (κ2) is 4.66. The Hall–Kier alpha value is -2.47. The molecule has 0 atom stereocenters. The molecule has 0 bridgehead atoms. The summed E-state index contributed by atoms with van der Waals surface area (Å²) in [6.07, 6.45) is 1.69. The molecule has 0 amide bonds. The van der Waals surface area contributed by atoms with Crippen molar-refractivity contribution in [3.8, 4) is 17.0 Å². The Morgan fingerprint density at radius 1 is 1.21 bits per heavy atom. The lowest BCUT2D eigenvalue weighted by atomic mass is 10.1. The normalized spacial score (nSPS) is 10.8. The first-order valence-electron chi connectivity index (χ1n) is 5.86. The van der Waals surface area contributed by atoms with E-state index < -0.39 is 0 Å². The number of benzene rings is 1. The Morgan fingerprint density at radius 2 is 2.00 bits per heavy atom. The molecule has 0 aliphatic heterocycles. The first-order valence-corrected chi connectivity index (χ1v) is 5.86. The average molecular weight is 255 g/mol. The minimum absolute atomic E-state index is 0.338. The van der Waals surface area contributed by atoms with Crippen molar-refractivity contribution in [1.82, 2.24) is 19.6 Å². The Balaban J connectivity index is 2.04. The molecule has 0 unspecified atom stereocenters. The highest BCUT2D eigenvalue weighted by Crippen LogP contribution is 2.21. The van der Waals surface area contributed by atoms with Crippen LogP contribution in [0.25, 0.3) is 16.9 Å². The standard InChI is InChI=1S/C13H13N5O/c1-19-10-4-2-9(3-5-10)11-6-12-16-17-13(7-14)18(12)8-15-11/h2-6,8H,7,14H2,1H3. The molecule has 0 saturated heterocycles. The van der Waals surface area contributed by atoms with Crippen LogP contribution in [0, 0.1) is 0 Å². The number of ether oxygens (including phenoxy) is 1. The zero-order valence-corrected chi connectivity index (χ0v) is 10.4. The fourth-order valence-corrected chi connectivity index (χ4v) is 1.90. The Morgan fingerprint density at radius 3 is 2.68 bits per heavy atom. The molecule has 6 nitrogen and oxygen atoms in total. The summed E-state index contributed by atoms with van der Waals surface area (Å²) in [5.41, 5.74) is 8.15. The molecule has 0 saturated carbocycles. The summed E-state index contributed by atoms with van der Waals surface area (Å²) in [5, 5.41) is 8.08. The van der Waals surface area contributed by atoms with Gasteiger partial charge in [-0.1, -0.05) is 0 Å². The van der Waals surface area contributed by atoms with Gasteiger partial charge in [0.05, 0.1) is 19.3 Å². The molecule has 2 N–H and O–H groups in total. The second-order valence-electron chi connectivity index (χ2n) is 4.05. The van der Waals surface area contributed by atoms with Gasteiger partial charge in [-0.25, -0.2) is 4.98 Å². The van der Waals surface area contributed by atoms with Crippen LogP contribution >= 0.6 is 0 Å². The predicted molar refractivity (Wildman–Crippen MR) is 70.7 cm³/mol. The molecule has 6 heteroatoms. The highest BCUT2D eigenvalue weighted by atomic mass is 16.5. The van der Waals surface area contributed by atoms with E-state index >= 15 is 0 Å². The highest BCUT2D eigenvalue weighted by molar-refractivity contribution is 5.63. The molecule has 0 spiro atoms. The van der Waals surface area contributed by atoms with Gasteiger partial charge in [-0.3, -0.25) is 4.40 Å².